The van der Waals surface area contributed by atoms with E-state index in [1.165, 1.54) is 5.56 Å². The van der Waals surface area contributed by atoms with Gasteiger partial charge in [0, 0.05) is 18.3 Å². The molecule has 2 heteroatoms. The molecular weight excluding hydrogens is 222 g/mol. The quantitative estimate of drug-likeness (QED) is 0.815. The monoisotopic (exact) mass is 239 g/mol. The van der Waals surface area contributed by atoms with Crippen molar-refractivity contribution in [3.8, 4) is 5.75 Å². The van der Waals surface area contributed by atoms with Crippen LogP contribution in [0.4, 0.5) is 0 Å². The molecule has 0 aliphatic heterocycles. The molecule has 0 radical (unpaired) electrons. The number of hydrogen-bond donors (Lipinski definition) is 1. The Bertz CT molecular complexity index is 532. The van der Waals surface area contributed by atoms with Crippen molar-refractivity contribution >= 4 is 6.21 Å². The third kappa shape index (κ3) is 3.45. The van der Waals surface area contributed by atoms with Gasteiger partial charge in [-0.1, -0.05) is 42.0 Å². The van der Waals surface area contributed by atoms with Crippen LogP contribution < -0.4 is 0 Å². The molecule has 2 rings (SSSR count). The minimum absolute atomic E-state index is 0.282. The molecule has 0 aliphatic rings. The highest BCUT2D eigenvalue weighted by atomic mass is 16.3. The Labute approximate surface area is 108 Å². The molecule has 2 nitrogen and oxygen atoms in total. The maximum Gasteiger partial charge on any atom is 0.124 e. The molecule has 0 saturated heterocycles. The van der Waals surface area contributed by atoms with Gasteiger partial charge in [-0.05, 0) is 31.0 Å². The standard InChI is InChI=1S/C16H17NO/c1-13-7-8-16(18)15(11-13)12-17-10-9-14-5-3-2-4-6-14/h2-8,11-12,18H,9-10H2,1H3. The number of benzene rings is 2. The Kier molecular flexibility index (Phi) is 4.13. The Balaban J connectivity index is 1.94. The molecule has 92 valence electrons. The molecule has 0 heterocycles. The van der Waals surface area contributed by atoms with Crippen LogP contribution in [-0.4, -0.2) is 17.9 Å². The zero-order valence-corrected chi connectivity index (χ0v) is 10.5. The van der Waals surface area contributed by atoms with Gasteiger partial charge in [-0.2, -0.15) is 0 Å². The summed E-state index contributed by atoms with van der Waals surface area (Å²) >= 11 is 0. The number of phenolic OH excluding ortho intramolecular Hbond substituents is 1. The first-order chi connectivity index (χ1) is 8.75. The van der Waals surface area contributed by atoms with Gasteiger partial charge in [-0.3, -0.25) is 4.99 Å². The van der Waals surface area contributed by atoms with E-state index in [4.69, 9.17) is 0 Å². The zero-order chi connectivity index (χ0) is 12.8. The summed E-state index contributed by atoms with van der Waals surface area (Å²) in [6, 6.07) is 15.8. The van der Waals surface area contributed by atoms with Gasteiger partial charge in [0.25, 0.3) is 0 Å². The second-order valence-electron chi connectivity index (χ2n) is 4.33. The highest BCUT2D eigenvalue weighted by Gasteiger charge is 1.97. The lowest BCUT2D eigenvalue weighted by atomic mass is 10.1. The molecule has 18 heavy (non-hydrogen) atoms. The lowest BCUT2D eigenvalue weighted by molar-refractivity contribution is 0.474. The molecule has 0 bridgehead atoms. The van der Waals surface area contributed by atoms with Crippen molar-refractivity contribution in [1.82, 2.24) is 0 Å². The topological polar surface area (TPSA) is 32.6 Å². The van der Waals surface area contributed by atoms with Gasteiger partial charge >= 0.3 is 0 Å². The first-order valence-electron chi connectivity index (χ1n) is 6.09. The summed E-state index contributed by atoms with van der Waals surface area (Å²) in [7, 11) is 0. The van der Waals surface area contributed by atoms with E-state index in [2.05, 4.69) is 17.1 Å². The highest BCUT2D eigenvalue weighted by molar-refractivity contribution is 5.83. The van der Waals surface area contributed by atoms with E-state index in [9.17, 15) is 5.11 Å². The Hall–Kier alpha value is -2.09. The van der Waals surface area contributed by atoms with Crippen molar-refractivity contribution in [2.75, 3.05) is 6.54 Å². The van der Waals surface area contributed by atoms with Gasteiger partial charge in [-0.25, -0.2) is 0 Å². The second-order valence-corrected chi connectivity index (χ2v) is 4.33. The molecule has 0 atom stereocenters. The SMILES string of the molecule is Cc1ccc(O)c(C=NCCc2ccccc2)c1. The molecule has 2 aromatic carbocycles. The summed E-state index contributed by atoms with van der Waals surface area (Å²) < 4.78 is 0. The number of aliphatic imine (C=N–C) groups is 1. The fourth-order valence-electron chi connectivity index (χ4n) is 1.78. The first kappa shape index (κ1) is 12.4. The van der Waals surface area contributed by atoms with Crippen molar-refractivity contribution in [3.63, 3.8) is 0 Å². The average Bonchev–Trinajstić information content (AvgIpc) is 2.40. The zero-order valence-electron chi connectivity index (χ0n) is 10.5. The minimum Gasteiger partial charge on any atom is -0.507 e. The van der Waals surface area contributed by atoms with Crippen LogP contribution in [0.3, 0.4) is 0 Å². The van der Waals surface area contributed by atoms with E-state index in [1.807, 2.05) is 37.3 Å². The molecule has 0 spiro atoms. The largest absolute Gasteiger partial charge is 0.507 e. The lowest BCUT2D eigenvalue weighted by Gasteiger charge is -2.00. The molecule has 0 saturated carbocycles. The third-order valence-corrected chi connectivity index (χ3v) is 2.79. The van der Waals surface area contributed by atoms with Crippen molar-refractivity contribution < 1.29 is 5.11 Å². The summed E-state index contributed by atoms with van der Waals surface area (Å²) in [6.45, 7) is 2.73. The average molecular weight is 239 g/mol. The number of phenols is 1. The second kappa shape index (κ2) is 6.01. The number of rotatable bonds is 4. The first-order valence-corrected chi connectivity index (χ1v) is 6.09. The van der Waals surface area contributed by atoms with Crippen LogP contribution in [0.5, 0.6) is 5.75 Å². The van der Waals surface area contributed by atoms with E-state index in [0.717, 1.165) is 24.1 Å². The molecule has 0 aromatic heterocycles. The maximum atomic E-state index is 9.66. The van der Waals surface area contributed by atoms with Gasteiger partial charge in [0.2, 0.25) is 0 Å². The van der Waals surface area contributed by atoms with Gasteiger partial charge < -0.3 is 5.11 Å². The van der Waals surface area contributed by atoms with Gasteiger partial charge in [0.05, 0.1) is 0 Å². The number of hydrogen-bond acceptors (Lipinski definition) is 2. The summed E-state index contributed by atoms with van der Waals surface area (Å²) in [6.07, 6.45) is 2.66. The molecule has 2 aromatic rings. The van der Waals surface area contributed by atoms with Crippen LogP contribution in [0.25, 0.3) is 0 Å². The van der Waals surface area contributed by atoms with Crippen LogP contribution in [0, 0.1) is 6.92 Å². The van der Waals surface area contributed by atoms with E-state index in [0.29, 0.717) is 0 Å². The lowest BCUT2D eigenvalue weighted by Crippen LogP contribution is -1.91. The van der Waals surface area contributed by atoms with Crippen LogP contribution in [0.15, 0.2) is 53.5 Å². The normalized spacial score (nSPS) is 10.9. The van der Waals surface area contributed by atoms with E-state index >= 15 is 0 Å². The fourth-order valence-corrected chi connectivity index (χ4v) is 1.78. The molecule has 1 N–H and O–H groups in total. The summed E-state index contributed by atoms with van der Waals surface area (Å²) in [5, 5.41) is 9.66. The number of aromatic hydroxyl groups is 1. The Morgan fingerprint density at radius 2 is 1.89 bits per heavy atom. The highest BCUT2D eigenvalue weighted by Crippen LogP contribution is 2.15. The number of aryl methyl sites for hydroxylation is 1. The van der Waals surface area contributed by atoms with Crippen molar-refractivity contribution in [2.24, 2.45) is 4.99 Å². The van der Waals surface area contributed by atoms with Crippen LogP contribution in [0.1, 0.15) is 16.7 Å². The summed E-state index contributed by atoms with van der Waals surface area (Å²) in [5.41, 5.74) is 3.18. The van der Waals surface area contributed by atoms with Crippen LogP contribution in [0.2, 0.25) is 0 Å². The van der Waals surface area contributed by atoms with Crippen molar-refractivity contribution in [2.45, 2.75) is 13.3 Å². The summed E-state index contributed by atoms with van der Waals surface area (Å²) in [4.78, 5) is 4.35. The predicted molar refractivity (Wildman–Crippen MR) is 75.5 cm³/mol. The molecule has 0 fully saturated rings. The third-order valence-electron chi connectivity index (χ3n) is 2.79. The van der Waals surface area contributed by atoms with Crippen LogP contribution in [-0.2, 0) is 6.42 Å². The molecule has 0 unspecified atom stereocenters. The van der Waals surface area contributed by atoms with Gasteiger partial charge in [-0.15, -0.1) is 0 Å². The van der Waals surface area contributed by atoms with E-state index in [1.54, 1.807) is 12.3 Å². The predicted octanol–water partition coefficient (Wildman–Crippen LogP) is 3.36. The minimum atomic E-state index is 0.282. The van der Waals surface area contributed by atoms with Gasteiger partial charge in [0.1, 0.15) is 5.75 Å². The fraction of sp³-hybridized carbons (Fsp3) is 0.188. The number of nitrogens with zero attached hydrogens (tertiary/aromatic N) is 1. The van der Waals surface area contributed by atoms with Gasteiger partial charge in [0.15, 0.2) is 0 Å². The van der Waals surface area contributed by atoms with Crippen molar-refractivity contribution in [3.05, 3.63) is 65.2 Å². The Morgan fingerprint density at radius 1 is 1.11 bits per heavy atom. The van der Waals surface area contributed by atoms with E-state index < -0.39 is 0 Å². The van der Waals surface area contributed by atoms with E-state index in [-0.39, 0.29) is 5.75 Å². The molecule has 0 aliphatic carbocycles. The maximum absolute atomic E-state index is 9.66. The van der Waals surface area contributed by atoms with Crippen molar-refractivity contribution in [1.29, 1.82) is 0 Å². The Morgan fingerprint density at radius 3 is 2.67 bits per heavy atom. The van der Waals surface area contributed by atoms with Crippen LogP contribution >= 0.6 is 0 Å². The smallest absolute Gasteiger partial charge is 0.124 e. The molecule has 0 amide bonds. The molecular formula is C16H17NO. The summed E-state index contributed by atoms with van der Waals surface area (Å²) in [5.74, 6) is 0.282.